The van der Waals surface area contributed by atoms with Crippen molar-refractivity contribution >= 4 is 39.1 Å². The summed E-state index contributed by atoms with van der Waals surface area (Å²) in [5.74, 6) is -0.605. The fourth-order valence-corrected chi connectivity index (χ4v) is 5.73. The number of hydrogen-bond donors (Lipinski definition) is 1. The number of sulfonamides is 1. The summed E-state index contributed by atoms with van der Waals surface area (Å²) in [7, 11) is -2.75. The van der Waals surface area contributed by atoms with E-state index in [1.165, 1.54) is 24.1 Å². The van der Waals surface area contributed by atoms with Gasteiger partial charge in [-0.2, -0.15) is 0 Å². The largest absolute Gasteiger partial charge is 0.495 e. The van der Waals surface area contributed by atoms with Crippen molar-refractivity contribution in [1.82, 2.24) is 10.2 Å². The highest BCUT2D eigenvalue weighted by atomic mass is 35.5. The van der Waals surface area contributed by atoms with E-state index in [4.69, 9.17) is 16.3 Å². The quantitative estimate of drug-likeness (QED) is 0.354. The summed E-state index contributed by atoms with van der Waals surface area (Å²) < 4.78 is 34.2. The lowest BCUT2D eigenvalue weighted by atomic mass is 10.1. The van der Waals surface area contributed by atoms with Gasteiger partial charge in [0.15, 0.2) is 0 Å². The summed E-state index contributed by atoms with van der Waals surface area (Å²) in [5, 5.41) is 3.21. The van der Waals surface area contributed by atoms with E-state index in [1.54, 1.807) is 80.6 Å². The van der Waals surface area contributed by atoms with Crippen molar-refractivity contribution in [3.8, 4) is 5.75 Å². The maximum absolute atomic E-state index is 14.0. The third-order valence-electron chi connectivity index (χ3n) is 6.00. The van der Waals surface area contributed by atoms with Crippen molar-refractivity contribution in [2.24, 2.45) is 0 Å². The summed E-state index contributed by atoms with van der Waals surface area (Å²) in [5.41, 5.74) is 0.843. The SMILES string of the molecule is CCNC(=O)[C@@H](CC)N(Cc1ccccc1Cl)C(=O)CN(c1ccccc1OC)S(=O)(=O)c1ccccc1. The zero-order valence-corrected chi connectivity index (χ0v) is 23.2. The number of carbonyl (C=O) groups is 2. The number of nitrogens with one attached hydrogen (secondary N) is 1. The standard InChI is InChI=1S/C28H32ClN3O5S/c1-4-24(28(34)30-5-2)31(19-21-13-9-10-16-23(21)29)27(33)20-32(25-17-11-12-18-26(25)37-3)38(35,36)22-14-7-6-8-15-22/h6-18,24H,4-5,19-20H2,1-3H3,(H,30,34)/t24-/m1/s1. The van der Waals surface area contributed by atoms with Crippen LogP contribution in [-0.4, -0.2) is 51.4 Å². The molecule has 0 aromatic heterocycles. The number of para-hydroxylation sites is 2. The minimum atomic E-state index is -4.18. The van der Waals surface area contributed by atoms with Crippen LogP contribution in [0.4, 0.5) is 5.69 Å². The number of amides is 2. The van der Waals surface area contributed by atoms with Crippen molar-refractivity contribution in [3.05, 3.63) is 89.4 Å². The fraction of sp³-hybridized carbons (Fsp3) is 0.286. The Kier molecular flexibility index (Phi) is 10.2. The Hall–Kier alpha value is -3.56. The first-order valence-electron chi connectivity index (χ1n) is 12.3. The molecule has 1 N–H and O–H groups in total. The second-order valence-electron chi connectivity index (χ2n) is 8.43. The van der Waals surface area contributed by atoms with Gasteiger partial charge in [-0.1, -0.05) is 67.1 Å². The fourth-order valence-electron chi connectivity index (χ4n) is 4.09. The second kappa shape index (κ2) is 13.3. The Labute approximate surface area is 229 Å². The number of rotatable bonds is 12. The summed E-state index contributed by atoms with van der Waals surface area (Å²) in [6, 6.07) is 20.6. The van der Waals surface area contributed by atoms with Crippen LogP contribution in [0.2, 0.25) is 5.02 Å². The van der Waals surface area contributed by atoms with Crippen molar-refractivity contribution in [1.29, 1.82) is 0 Å². The number of methoxy groups -OCH3 is 1. The Morgan fingerprint density at radius 1 is 0.947 bits per heavy atom. The van der Waals surface area contributed by atoms with Crippen molar-refractivity contribution in [2.45, 2.75) is 37.8 Å². The van der Waals surface area contributed by atoms with E-state index in [2.05, 4.69) is 5.32 Å². The molecule has 202 valence electrons. The van der Waals surface area contributed by atoms with E-state index < -0.39 is 28.5 Å². The first kappa shape index (κ1) is 29.0. The van der Waals surface area contributed by atoms with Gasteiger partial charge in [-0.3, -0.25) is 13.9 Å². The molecular formula is C28H32ClN3O5S. The third-order valence-corrected chi connectivity index (χ3v) is 8.14. The van der Waals surface area contributed by atoms with Gasteiger partial charge < -0.3 is 15.0 Å². The molecule has 1 atom stereocenters. The molecule has 0 saturated carbocycles. The van der Waals surface area contributed by atoms with Gasteiger partial charge in [0.1, 0.15) is 18.3 Å². The molecular weight excluding hydrogens is 526 g/mol. The molecule has 10 heteroatoms. The zero-order valence-electron chi connectivity index (χ0n) is 21.6. The van der Waals surface area contributed by atoms with E-state index in [0.29, 0.717) is 23.6 Å². The molecule has 3 aromatic carbocycles. The van der Waals surface area contributed by atoms with Crippen LogP contribution in [0.1, 0.15) is 25.8 Å². The molecule has 0 aliphatic carbocycles. The maximum atomic E-state index is 14.0. The van der Waals surface area contributed by atoms with E-state index in [9.17, 15) is 18.0 Å². The van der Waals surface area contributed by atoms with Gasteiger partial charge in [-0.05, 0) is 49.2 Å². The summed E-state index contributed by atoms with van der Waals surface area (Å²) in [6.45, 7) is 3.45. The number of carbonyl (C=O) groups excluding carboxylic acids is 2. The van der Waals surface area contributed by atoms with Crippen molar-refractivity contribution in [3.63, 3.8) is 0 Å². The van der Waals surface area contributed by atoms with Crippen LogP contribution in [0.5, 0.6) is 5.75 Å². The summed E-state index contributed by atoms with van der Waals surface area (Å²) >= 11 is 6.39. The molecule has 0 aliphatic heterocycles. The number of nitrogens with zero attached hydrogens (tertiary/aromatic N) is 2. The Bertz CT molecular complexity index is 1350. The van der Waals surface area contributed by atoms with Crippen LogP contribution in [0, 0.1) is 0 Å². The molecule has 0 fully saturated rings. The molecule has 3 aromatic rings. The highest BCUT2D eigenvalue weighted by Crippen LogP contribution is 2.32. The molecule has 0 saturated heterocycles. The molecule has 8 nitrogen and oxygen atoms in total. The lowest BCUT2D eigenvalue weighted by Crippen LogP contribution is -2.52. The average Bonchev–Trinajstić information content (AvgIpc) is 2.93. The van der Waals surface area contributed by atoms with E-state index in [1.807, 2.05) is 0 Å². The monoisotopic (exact) mass is 557 g/mol. The normalized spacial score (nSPS) is 11.9. The Morgan fingerprint density at radius 3 is 2.21 bits per heavy atom. The van der Waals surface area contributed by atoms with Crippen LogP contribution >= 0.6 is 11.6 Å². The first-order chi connectivity index (χ1) is 18.2. The van der Waals surface area contributed by atoms with Crippen LogP contribution in [-0.2, 0) is 26.2 Å². The number of hydrogen-bond acceptors (Lipinski definition) is 5. The zero-order chi connectivity index (χ0) is 27.7. The van der Waals surface area contributed by atoms with Gasteiger partial charge in [0, 0.05) is 18.1 Å². The van der Waals surface area contributed by atoms with Gasteiger partial charge in [0.05, 0.1) is 17.7 Å². The van der Waals surface area contributed by atoms with Gasteiger partial charge in [0.25, 0.3) is 10.0 Å². The number of ether oxygens (including phenoxy) is 1. The van der Waals surface area contributed by atoms with Crippen molar-refractivity contribution in [2.75, 3.05) is 24.5 Å². The molecule has 0 unspecified atom stereocenters. The van der Waals surface area contributed by atoms with Gasteiger partial charge in [-0.25, -0.2) is 8.42 Å². The minimum absolute atomic E-state index is 0.0205. The summed E-state index contributed by atoms with van der Waals surface area (Å²) in [4.78, 5) is 28.4. The average molecular weight is 558 g/mol. The minimum Gasteiger partial charge on any atom is -0.495 e. The molecule has 0 bridgehead atoms. The van der Waals surface area contributed by atoms with Crippen LogP contribution in [0.15, 0.2) is 83.8 Å². The molecule has 2 amide bonds. The van der Waals surface area contributed by atoms with Gasteiger partial charge in [-0.15, -0.1) is 0 Å². The third kappa shape index (κ3) is 6.65. The van der Waals surface area contributed by atoms with E-state index >= 15 is 0 Å². The summed E-state index contributed by atoms with van der Waals surface area (Å²) in [6.07, 6.45) is 0.322. The number of likely N-dealkylation sites (N-methyl/N-ethyl adjacent to an activating group) is 1. The molecule has 0 spiro atoms. The maximum Gasteiger partial charge on any atom is 0.264 e. The molecule has 0 aliphatic rings. The predicted octanol–water partition coefficient (Wildman–Crippen LogP) is 4.49. The molecule has 0 radical (unpaired) electrons. The number of anilines is 1. The molecule has 38 heavy (non-hydrogen) atoms. The Balaban J connectivity index is 2.10. The second-order valence-corrected chi connectivity index (χ2v) is 10.7. The van der Waals surface area contributed by atoms with Gasteiger partial charge >= 0.3 is 0 Å². The van der Waals surface area contributed by atoms with Crippen LogP contribution < -0.4 is 14.4 Å². The highest BCUT2D eigenvalue weighted by Gasteiger charge is 2.34. The molecule has 3 rings (SSSR count). The molecule has 0 heterocycles. The van der Waals surface area contributed by atoms with Crippen LogP contribution in [0.3, 0.4) is 0 Å². The Morgan fingerprint density at radius 2 is 1.58 bits per heavy atom. The van der Waals surface area contributed by atoms with Crippen molar-refractivity contribution < 1.29 is 22.7 Å². The van der Waals surface area contributed by atoms with E-state index in [0.717, 1.165) is 4.31 Å². The lowest BCUT2D eigenvalue weighted by Gasteiger charge is -2.33. The van der Waals surface area contributed by atoms with Gasteiger partial charge in [0.2, 0.25) is 11.8 Å². The predicted molar refractivity (Wildman–Crippen MR) is 149 cm³/mol. The lowest BCUT2D eigenvalue weighted by molar-refractivity contribution is -0.140. The van der Waals surface area contributed by atoms with E-state index in [-0.39, 0.29) is 28.8 Å². The first-order valence-corrected chi connectivity index (χ1v) is 14.1. The number of benzene rings is 3. The topological polar surface area (TPSA) is 96.0 Å². The highest BCUT2D eigenvalue weighted by molar-refractivity contribution is 7.92. The number of halogens is 1. The smallest absolute Gasteiger partial charge is 0.264 e. The van der Waals surface area contributed by atoms with Crippen LogP contribution in [0.25, 0.3) is 0 Å².